The van der Waals surface area contributed by atoms with Crippen LogP contribution >= 0.6 is 0 Å². The molecular formula is C14H17FN2O. The lowest BCUT2D eigenvalue weighted by molar-refractivity contribution is 0.143. The smallest absolute Gasteiger partial charge is 0.126 e. The molecule has 2 rings (SSSR count). The first-order valence-corrected chi connectivity index (χ1v) is 6.17. The number of benzene rings is 1. The van der Waals surface area contributed by atoms with Crippen molar-refractivity contribution in [3.05, 3.63) is 29.6 Å². The van der Waals surface area contributed by atoms with E-state index in [9.17, 15) is 4.39 Å². The summed E-state index contributed by atoms with van der Waals surface area (Å²) in [6.45, 7) is 2.51. The predicted octanol–water partition coefficient (Wildman–Crippen LogP) is 2.56. The molecule has 0 aromatic heterocycles. The van der Waals surface area contributed by atoms with Gasteiger partial charge in [0.05, 0.1) is 18.2 Å². The highest BCUT2D eigenvalue weighted by molar-refractivity contribution is 5.52. The number of rotatable bonds is 3. The van der Waals surface area contributed by atoms with Gasteiger partial charge in [-0.2, -0.15) is 5.26 Å². The Morgan fingerprint density at radius 1 is 1.50 bits per heavy atom. The van der Waals surface area contributed by atoms with Crippen LogP contribution in [-0.2, 0) is 4.74 Å². The number of nitriles is 1. The van der Waals surface area contributed by atoms with E-state index in [-0.39, 0.29) is 5.82 Å². The summed E-state index contributed by atoms with van der Waals surface area (Å²) in [6.07, 6.45) is 2.22. The Kier molecular flexibility index (Phi) is 4.16. The molecule has 0 aliphatic carbocycles. The van der Waals surface area contributed by atoms with Gasteiger partial charge in [-0.25, -0.2) is 4.39 Å². The van der Waals surface area contributed by atoms with Gasteiger partial charge in [-0.3, -0.25) is 0 Å². The van der Waals surface area contributed by atoms with Gasteiger partial charge in [-0.15, -0.1) is 0 Å². The van der Waals surface area contributed by atoms with Crippen molar-refractivity contribution in [3.63, 3.8) is 0 Å². The van der Waals surface area contributed by atoms with Crippen LogP contribution in [0.4, 0.5) is 10.1 Å². The van der Waals surface area contributed by atoms with Crippen molar-refractivity contribution in [2.45, 2.75) is 12.8 Å². The molecule has 1 fully saturated rings. The second-order valence-corrected chi connectivity index (χ2v) is 4.72. The van der Waals surface area contributed by atoms with Gasteiger partial charge in [-0.05, 0) is 37.0 Å². The normalized spacial score (nSPS) is 19.6. The van der Waals surface area contributed by atoms with E-state index in [0.29, 0.717) is 11.5 Å². The van der Waals surface area contributed by atoms with E-state index in [1.54, 1.807) is 13.2 Å². The fourth-order valence-corrected chi connectivity index (χ4v) is 2.49. The third-order valence-electron chi connectivity index (χ3n) is 3.30. The van der Waals surface area contributed by atoms with Gasteiger partial charge < -0.3 is 9.64 Å². The van der Waals surface area contributed by atoms with Crippen molar-refractivity contribution in [1.29, 1.82) is 5.26 Å². The predicted molar refractivity (Wildman–Crippen MR) is 67.9 cm³/mol. The van der Waals surface area contributed by atoms with Crippen molar-refractivity contribution in [2.75, 3.05) is 31.7 Å². The number of ether oxygens (including phenoxy) is 1. The fourth-order valence-electron chi connectivity index (χ4n) is 2.49. The highest BCUT2D eigenvalue weighted by Gasteiger charge is 2.20. The summed E-state index contributed by atoms with van der Waals surface area (Å²) in [7, 11) is 1.70. The lowest BCUT2D eigenvalue weighted by Gasteiger charge is -2.34. The van der Waals surface area contributed by atoms with E-state index < -0.39 is 0 Å². The summed E-state index contributed by atoms with van der Waals surface area (Å²) in [5, 5.41) is 8.87. The molecule has 1 aromatic rings. The Hall–Kier alpha value is -1.60. The van der Waals surface area contributed by atoms with Crippen LogP contribution in [0, 0.1) is 23.1 Å². The molecule has 0 bridgehead atoms. The minimum absolute atomic E-state index is 0.349. The van der Waals surface area contributed by atoms with Gasteiger partial charge in [0, 0.05) is 25.9 Å². The van der Waals surface area contributed by atoms with Gasteiger partial charge in [0.25, 0.3) is 0 Å². The van der Waals surface area contributed by atoms with Crippen LogP contribution in [0.2, 0.25) is 0 Å². The topological polar surface area (TPSA) is 36.3 Å². The fraction of sp³-hybridized carbons (Fsp3) is 0.500. The molecular weight excluding hydrogens is 231 g/mol. The van der Waals surface area contributed by atoms with Crippen LogP contribution in [0.25, 0.3) is 0 Å². The summed E-state index contributed by atoms with van der Waals surface area (Å²) in [6, 6.07) is 6.50. The molecule has 1 saturated heterocycles. The van der Waals surface area contributed by atoms with E-state index in [2.05, 4.69) is 4.90 Å². The molecule has 0 spiro atoms. The summed E-state index contributed by atoms with van der Waals surface area (Å²) < 4.78 is 18.6. The summed E-state index contributed by atoms with van der Waals surface area (Å²) >= 11 is 0. The average Bonchev–Trinajstić information content (AvgIpc) is 2.39. The second-order valence-electron chi connectivity index (χ2n) is 4.72. The molecule has 3 nitrogen and oxygen atoms in total. The highest BCUT2D eigenvalue weighted by Crippen LogP contribution is 2.25. The highest BCUT2D eigenvalue weighted by atomic mass is 19.1. The van der Waals surface area contributed by atoms with Crippen LogP contribution in [0.15, 0.2) is 18.2 Å². The van der Waals surface area contributed by atoms with E-state index in [1.165, 1.54) is 12.1 Å². The maximum atomic E-state index is 13.4. The number of anilines is 1. The first kappa shape index (κ1) is 12.8. The molecule has 1 aromatic carbocycles. The Morgan fingerprint density at radius 3 is 3.06 bits per heavy atom. The zero-order chi connectivity index (χ0) is 13.0. The van der Waals surface area contributed by atoms with Crippen molar-refractivity contribution < 1.29 is 9.13 Å². The largest absolute Gasteiger partial charge is 0.384 e. The lowest BCUT2D eigenvalue weighted by Crippen LogP contribution is -2.37. The van der Waals surface area contributed by atoms with Crippen LogP contribution < -0.4 is 4.90 Å². The third kappa shape index (κ3) is 2.99. The monoisotopic (exact) mass is 248 g/mol. The van der Waals surface area contributed by atoms with Crippen molar-refractivity contribution in [3.8, 4) is 6.07 Å². The van der Waals surface area contributed by atoms with Gasteiger partial charge in [-0.1, -0.05) is 0 Å². The molecule has 0 radical (unpaired) electrons. The number of methoxy groups -OCH3 is 1. The summed E-state index contributed by atoms with van der Waals surface area (Å²) in [4.78, 5) is 2.14. The standard InChI is InChI=1S/C14H17FN2O/c1-18-10-11-3-2-4-17(9-11)14-6-12(8-16)5-13(15)7-14/h5-7,11H,2-4,9-10H2,1H3. The molecule has 1 unspecified atom stereocenters. The molecule has 18 heavy (non-hydrogen) atoms. The van der Waals surface area contributed by atoms with Gasteiger partial charge in [0.2, 0.25) is 0 Å². The molecule has 0 saturated carbocycles. The first-order chi connectivity index (χ1) is 8.72. The SMILES string of the molecule is COCC1CCCN(c2cc(F)cc(C#N)c2)C1. The Bertz CT molecular complexity index is 454. The molecule has 0 N–H and O–H groups in total. The van der Waals surface area contributed by atoms with Crippen LogP contribution in [0.5, 0.6) is 0 Å². The number of halogens is 1. The van der Waals surface area contributed by atoms with Crippen molar-refractivity contribution in [2.24, 2.45) is 5.92 Å². The first-order valence-electron chi connectivity index (χ1n) is 6.17. The van der Waals surface area contributed by atoms with Crippen LogP contribution in [0.1, 0.15) is 18.4 Å². The molecule has 1 aliphatic heterocycles. The van der Waals surface area contributed by atoms with Crippen LogP contribution in [0.3, 0.4) is 0 Å². The number of nitrogens with zero attached hydrogens (tertiary/aromatic N) is 2. The zero-order valence-corrected chi connectivity index (χ0v) is 10.5. The quantitative estimate of drug-likeness (QED) is 0.824. The lowest BCUT2D eigenvalue weighted by atomic mass is 9.98. The van der Waals surface area contributed by atoms with Crippen LogP contribution in [-0.4, -0.2) is 26.8 Å². The number of hydrogen-bond acceptors (Lipinski definition) is 3. The molecule has 4 heteroatoms. The van der Waals surface area contributed by atoms with Gasteiger partial charge in [0.1, 0.15) is 5.82 Å². The average molecular weight is 248 g/mol. The minimum Gasteiger partial charge on any atom is -0.384 e. The Morgan fingerprint density at radius 2 is 2.33 bits per heavy atom. The molecule has 96 valence electrons. The molecule has 1 aliphatic rings. The van der Waals surface area contributed by atoms with Crippen molar-refractivity contribution >= 4 is 5.69 Å². The van der Waals surface area contributed by atoms with E-state index >= 15 is 0 Å². The third-order valence-corrected chi connectivity index (χ3v) is 3.30. The van der Waals surface area contributed by atoms with Crippen molar-refractivity contribution in [1.82, 2.24) is 0 Å². The van der Waals surface area contributed by atoms with E-state index in [4.69, 9.17) is 10.00 Å². The van der Waals surface area contributed by atoms with E-state index in [0.717, 1.165) is 38.2 Å². The summed E-state index contributed by atoms with van der Waals surface area (Å²) in [5.74, 6) is 0.135. The maximum absolute atomic E-state index is 13.4. The van der Waals surface area contributed by atoms with Gasteiger partial charge in [0.15, 0.2) is 0 Å². The zero-order valence-electron chi connectivity index (χ0n) is 10.5. The molecule has 1 atom stereocenters. The molecule has 1 heterocycles. The maximum Gasteiger partial charge on any atom is 0.126 e. The Labute approximate surface area is 107 Å². The van der Waals surface area contributed by atoms with Gasteiger partial charge >= 0.3 is 0 Å². The Balaban J connectivity index is 2.15. The number of hydrogen-bond donors (Lipinski definition) is 0. The number of piperidine rings is 1. The molecule has 0 amide bonds. The minimum atomic E-state index is -0.349. The second kappa shape index (κ2) is 5.83. The van der Waals surface area contributed by atoms with E-state index in [1.807, 2.05) is 6.07 Å². The summed E-state index contributed by atoms with van der Waals surface area (Å²) in [5.41, 5.74) is 1.17.